The molecule has 3 aliphatic rings. The first-order valence-corrected chi connectivity index (χ1v) is 15.1. The van der Waals surface area contributed by atoms with Crippen LogP contribution in [0.2, 0.25) is 0 Å². The van der Waals surface area contributed by atoms with Crippen molar-refractivity contribution >= 4 is 30.1 Å². The molecule has 0 spiro atoms. The molecule has 10 nitrogen and oxygen atoms in total. The molecular weight excluding hydrogens is 556 g/mol. The summed E-state index contributed by atoms with van der Waals surface area (Å²) >= 11 is 0. The standard InChI is InChI=1S/C34H40N6O4/c1-4-7-24(5-2)28-18-31-34(43)40(22(28)3)11-9-35-10-13-44-12-6-8-23-14-29(32(37-19-23)38-21-41)25-15-26-16-27(33(42)39-31)20-36-30(26)17-25/h4-8,14,16,19-22,25,28,31,35H,1-2,9-13,15,17-18H2,3H3,(H,39,42)(H,37,38,41)/b8-6+,24-7+. The number of ether oxygens (including phenoxy) is 1. The fourth-order valence-corrected chi connectivity index (χ4v) is 6.44. The van der Waals surface area contributed by atoms with Gasteiger partial charge in [0.05, 0.1) is 18.8 Å². The summed E-state index contributed by atoms with van der Waals surface area (Å²) in [5, 5.41) is 9.11. The van der Waals surface area contributed by atoms with E-state index in [2.05, 4.69) is 39.1 Å². The third-order valence-corrected chi connectivity index (χ3v) is 8.70. The van der Waals surface area contributed by atoms with Crippen molar-refractivity contribution in [2.45, 2.75) is 44.2 Å². The Labute approximate surface area is 258 Å². The van der Waals surface area contributed by atoms with Crippen LogP contribution in [0, 0.1) is 5.92 Å². The molecule has 5 rings (SSSR count). The van der Waals surface area contributed by atoms with E-state index in [0.717, 1.165) is 28.0 Å². The molecule has 230 valence electrons. The fraction of sp³-hybridized carbons (Fsp3) is 0.382. The number of allylic oxidation sites excluding steroid dienone is 3. The lowest BCUT2D eigenvalue weighted by Gasteiger charge is -2.43. The molecule has 1 saturated heterocycles. The van der Waals surface area contributed by atoms with E-state index in [1.54, 1.807) is 24.5 Å². The van der Waals surface area contributed by atoms with Gasteiger partial charge in [0.25, 0.3) is 5.91 Å². The Kier molecular flexibility index (Phi) is 10.1. The van der Waals surface area contributed by atoms with Crippen molar-refractivity contribution in [2.24, 2.45) is 5.92 Å². The zero-order chi connectivity index (χ0) is 31.1. The van der Waals surface area contributed by atoms with Crippen molar-refractivity contribution in [3.63, 3.8) is 0 Å². The van der Waals surface area contributed by atoms with Gasteiger partial charge < -0.3 is 25.6 Å². The monoisotopic (exact) mass is 596 g/mol. The Balaban J connectivity index is 1.45. The van der Waals surface area contributed by atoms with Crippen LogP contribution in [0.25, 0.3) is 6.08 Å². The van der Waals surface area contributed by atoms with Gasteiger partial charge in [0.2, 0.25) is 12.3 Å². The number of hydrogen-bond donors (Lipinski definition) is 3. The van der Waals surface area contributed by atoms with E-state index in [9.17, 15) is 14.4 Å². The van der Waals surface area contributed by atoms with Crippen LogP contribution in [0.4, 0.5) is 5.82 Å². The number of fused-ring (bicyclic) bond motifs is 7. The molecule has 4 unspecified atom stereocenters. The summed E-state index contributed by atoms with van der Waals surface area (Å²) in [7, 11) is 0. The molecule has 1 fully saturated rings. The first-order valence-electron chi connectivity index (χ1n) is 15.1. The van der Waals surface area contributed by atoms with Crippen LogP contribution >= 0.6 is 0 Å². The lowest BCUT2D eigenvalue weighted by Crippen LogP contribution is -2.60. The highest BCUT2D eigenvalue weighted by atomic mass is 16.5. The zero-order valence-corrected chi connectivity index (χ0v) is 25.1. The SMILES string of the molecule is C=C/C=C(\C=C)C1CC2NC(=O)c3cnc4c(c3)CC(C4)c3cc(cnc3NC=O)/C=C/COCCNCCN(C2=O)C1C. The number of nitrogens with zero attached hydrogens (tertiary/aromatic N) is 3. The highest BCUT2D eigenvalue weighted by Crippen LogP contribution is 2.37. The quantitative estimate of drug-likeness (QED) is 0.358. The fourth-order valence-electron chi connectivity index (χ4n) is 6.44. The van der Waals surface area contributed by atoms with Crippen molar-refractivity contribution in [1.29, 1.82) is 0 Å². The minimum atomic E-state index is -0.698. The molecule has 2 aromatic heterocycles. The summed E-state index contributed by atoms with van der Waals surface area (Å²) in [6, 6.07) is 3.12. The molecule has 0 aromatic carbocycles. The van der Waals surface area contributed by atoms with Crippen molar-refractivity contribution in [3.8, 4) is 0 Å². The number of carbonyl (C=O) groups is 3. The minimum Gasteiger partial charge on any atom is -0.376 e. The Hall–Kier alpha value is -4.41. The average Bonchev–Trinajstić information content (AvgIpc) is 3.45. The maximum absolute atomic E-state index is 13.7. The Bertz CT molecular complexity index is 1480. The van der Waals surface area contributed by atoms with Crippen LogP contribution in [0.15, 0.2) is 67.6 Å². The largest absolute Gasteiger partial charge is 0.376 e. The van der Waals surface area contributed by atoms with E-state index in [1.807, 2.05) is 42.2 Å². The number of carbonyl (C=O) groups excluding carboxylic acids is 3. The number of aromatic nitrogens is 2. The number of nitrogens with one attached hydrogen (secondary N) is 3. The van der Waals surface area contributed by atoms with Gasteiger partial charge in [-0.15, -0.1) is 0 Å². The van der Waals surface area contributed by atoms with Crippen molar-refractivity contribution in [1.82, 2.24) is 25.5 Å². The Morgan fingerprint density at radius 2 is 2.02 bits per heavy atom. The molecule has 0 radical (unpaired) electrons. The molecule has 44 heavy (non-hydrogen) atoms. The van der Waals surface area contributed by atoms with Crippen LogP contribution in [-0.2, 0) is 27.2 Å². The molecule has 2 aliphatic heterocycles. The lowest BCUT2D eigenvalue weighted by molar-refractivity contribution is -0.140. The highest BCUT2D eigenvalue weighted by molar-refractivity contribution is 5.98. The third kappa shape index (κ3) is 6.87. The predicted octanol–water partition coefficient (Wildman–Crippen LogP) is 3.19. The topological polar surface area (TPSA) is 126 Å². The summed E-state index contributed by atoms with van der Waals surface area (Å²) in [4.78, 5) is 49.6. The molecule has 3 N–H and O–H groups in total. The first kappa shape index (κ1) is 31.0. The number of hydrogen-bond acceptors (Lipinski definition) is 7. The second-order valence-electron chi connectivity index (χ2n) is 11.4. The van der Waals surface area contributed by atoms with Crippen LogP contribution < -0.4 is 16.0 Å². The summed E-state index contributed by atoms with van der Waals surface area (Å²) in [5.74, 6) is 0.0813. The Morgan fingerprint density at radius 3 is 2.82 bits per heavy atom. The van der Waals surface area contributed by atoms with Crippen molar-refractivity contribution < 1.29 is 19.1 Å². The molecule has 2 aromatic rings. The molecule has 4 heterocycles. The van der Waals surface area contributed by atoms with Gasteiger partial charge in [0.1, 0.15) is 11.9 Å². The number of piperidine rings is 1. The van der Waals surface area contributed by atoms with Gasteiger partial charge in [-0.3, -0.25) is 19.4 Å². The molecule has 7 bridgehead atoms. The Morgan fingerprint density at radius 1 is 1.16 bits per heavy atom. The molecular formula is C34H40N6O4. The summed E-state index contributed by atoms with van der Waals surface area (Å²) in [6.07, 6.45) is 15.0. The van der Waals surface area contributed by atoms with E-state index in [1.165, 1.54) is 0 Å². The van der Waals surface area contributed by atoms with E-state index in [-0.39, 0.29) is 29.7 Å². The van der Waals surface area contributed by atoms with Crippen LogP contribution in [-0.4, -0.2) is 78.0 Å². The van der Waals surface area contributed by atoms with Crippen LogP contribution in [0.5, 0.6) is 0 Å². The van der Waals surface area contributed by atoms with E-state index in [4.69, 9.17) is 4.74 Å². The smallest absolute Gasteiger partial charge is 0.253 e. The lowest BCUT2D eigenvalue weighted by atomic mass is 9.81. The van der Waals surface area contributed by atoms with Gasteiger partial charge >= 0.3 is 0 Å². The first-order chi connectivity index (χ1) is 21.4. The predicted molar refractivity (Wildman–Crippen MR) is 170 cm³/mol. The minimum absolute atomic E-state index is 0.0217. The average molecular weight is 597 g/mol. The number of anilines is 1. The van der Waals surface area contributed by atoms with Gasteiger partial charge in [-0.05, 0) is 66.5 Å². The van der Waals surface area contributed by atoms with Crippen molar-refractivity contribution in [3.05, 3.63) is 95.5 Å². The molecule has 0 saturated carbocycles. The second kappa shape index (κ2) is 14.4. The van der Waals surface area contributed by atoms with Gasteiger partial charge in [-0.1, -0.05) is 43.5 Å². The molecule has 4 atom stereocenters. The number of pyridine rings is 2. The van der Waals surface area contributed by atoms with Crippen LogP contribution in [0.1, 0.15) is 52.0 Å². The van der Waals surface area contributed by atoms with Crippen molar-refractivity contribution in [2.75, 3.05) is 38.2 Å². The molecule has 3 amide bonds. The summed E-state index contributed by atoms with van der Waals surface area (Å²) < 4.78 is 5.77. The van der Waals surface area contributed by atoms with E-state index < -0.39 is 6.04 Å². The normalized spacial score (nSPS) is 25.3. The van der Waals surface area contributed by atoms with Crippen LogP contribution in [0.3, 0.4) is 0 Å². The van der Waals surface area contributed by atoms with E-state index >= 15 is 0 Å². The maximum atomic E-state index is 13.7. The molecule has 1 aliphatic carbocycles. The summed E-state index contributed by atoms with van der Waals surface area (Å²) in [6.45, 7) is 12.5. The molecule has 10 heteroatoms. The van der Waals surface area contributed by atoms with Gasteiger partial charge in [-0.2, -0.15) is 0 Å². The maximum Gasteiger partial charge on any atom is 0.253 e. The van der Waals surface area contributed by atoms with Gasteiger partial charge in [-0.25, -0.2) is 4.98 Å². The number of rotatable bonds is 5. The summed E-state index contributed by atoms with van der Waals surface area (Å²) in [5.41, 5.74) is 5.08. The van der Waals surface area contributed by atoms with Gasteiger partial charge in [0, 0.05) is 49.7 Å². The van der Waals surface area contributed by atoms with E-state index in [0.29, 0.717) is 69.9 Å². The highest BCUT2D eigenvalue weighted by Gasteiger charge is 2.41. The van der Waals surface area contributed by atoms with Gasteiger partial charge in [0.15, 0.2) is 0 Å². The third-order valence-electron chi connectivity index (χ3n) is 8.70. The second-order valence-corrected chi connectivity index (χ2v) is 11.4. The number of amides is 3. The zero-order valence-electron chi connectivity index (χ0n) is 25.1.